The largest absolute Gasteiger partial charge is 0.334 e. The number of aromatic nitrogens is 2. The van der Waals surface area contributed by atoms with Crippen molar-refractivity contribution in [2.24, 2.45) is 4.99 Å². The Morgan fingerprint density at radius 3 is 2.85 bits per heavy atom. The average Bonchev–Trinajstić information content (AvgIpc) is 3.23. The fourth-order valence-electron chi connectivity index (χ4n) is 3.32. The molecule has 0 saturated heterocycles. The number of anilines is 1. The molecule has 0 aliphatic carbocycles. The number of nitrogens with one attached hydrogen (secondary N) is 1. The van der Waals surface area contributed by atoms with Gasteiger partial charge < -0.3 is 4.98 Å². The van der Waals surface area contributed by atoms with E-state index in [1.54, 1.807) is 9.80 Å². The molecule has 2 aliphatic rings. The molecule has 8 heteroatoms. The molecule has 3 heterocycles. The second kappa shape index (κ2) is 7.56. The molecule has 2 aromatic rings. The number of hydrogen-bond donors (Lipinski definition) is 1. The van der Waals surface area contributed by atoms with Crippen LogP contribution < -0.4 is 4.90 Å². The quantitative estimate of drug-likeness (QED) is 0.657. The predicted molar refractivity (Wildman–Crippen MR) is 114 cm³/mol. The van der Waals surface area contributed by atoms with Crippen LogP contribution in [0, 0.1) is 3.57 Å². The summed E-state index contributed by atoms with van der Waals surface area (Å²) in [6, 6.07) is 8.33. The van der Waals surface area contributed by atoms with E-state index in [9.17, 15) is 4.79 Å². The van der Waals surface area contributed by atoms with Gasteiger partial charge in [0.25, 0.3) is 0 Å². The molecule has 2 aliphatic heterocycles. The first kappa shape index (κ1) is 19.2. The zero-order valence-electron chi connectivity index (χ0n) is 14.7. The third-order valence-corrected chi connectivity index (χ3v) is 5.27. The fraction of sp³-hybridized carbons (Fsp3) is 0.389. The minimum absolute atomic E-state index is 0. The first-order valence-corrected chi connectivity index (χ1v) is 9.73. The van der Waals surface area contributed by atoms with Gasteiger partial charge in [0.1, 0.15) is 11.5 Å². The van der Waals surface area contributed by atoms with E-state index >= 15 is 0 Å². The molecule has 0 bridgehead atoms. The first-order chi connectivity index (χ1) is 12.1. The summed E-state index contributed by atoms with van der Waals surface area (Å²) in [5.74, 6) is 2.22. The molecule has 1 aromatic carbocycles. The Morgan fingerprint density at radius 2 is 2.15 bits per heavy atom. The second-order valence-corrected chi connectivity index (χ2v) is 7.60. The van der Waals surface area contributed by atoms with Crippen LogP contribution in [0.15, 0.2) is 29.3 Å². The lowest BCUT2D eigenvalue weighted by molar-refractivity contribution is 0.226. The summed E-state index contributed by atoms with van der Waals surface area (Å²) in [5, 5.41) is 0. The number of fused-ring (bicyclic) bond motifs is 3. The first-order valence-electron chi connectivity index (χ1n) is 8.65. The lowest BCUT2D eigenvalue weighted by Gasteiger charge is -2.32. The number of aliphatic imine (C=N–C) groups is 1. The predicted octanol–water partition coefficient (Wildman–Crippen LogP) is 4.29. The van der Waals surface area contributed by atoms with Gasteiger partial charge in [-0.2, -0.15) is 0 Å². The molecule has 4 rings (SSSR count). The maximum absolute atomic E-state index is 12.9. The molecule has 6 nitrogen and oxygen atoms in total. The zero-order valence-corrected chi connectivity index (χ0v) is 17.7. The zero-order chi connectivity index (χ0) is 17.6. The number of amidine groups is 1. The van der Waals surface area contributed by atoms with Gasteiger partial charge in [-0.1, -0.05) is 26.0 Å². The number of imidazole rings is 1. The summed E-state index contributed by atoms with van der Waals surface area (Å²) in [7, 11) is 0. The molecular weight excluding hydrogens is 465 g/mol. The van der Waals surface area contributed by atoms with Crippen LogP contribution >= 0.6 is 35.0 Å². The number of urea groups is 1. The molecule has 1 atom stereocenters. The molecule has 0 saturated carbocycles. The normalized spacial score (nSPS) is 18.3. The highest BCUT2D eigenvalue weighted by molar-refractivity contribution is 14.1. The lowest BCUT2D eigenvalue weighted by atomic mass is 10.2. The van der Waals surface area contributed by atoms with Crippen LogP contribution in [0.4, 0.5) is 10.6 Å². The Bertz CT molecular complexity index is 865. The minimum atomic E-state index is -0.00950. The van der Waals surface area contributed by atoms with Crippen molar-refractivity contribution >= 4 is 52.7 Å². The summed E-state index contributed by atoms with van der Waals surface area (Å²) in [6.07, 6.45) is 1.81. The molecule has 138 valence electrons. The summed E-state index contributed by atoms with van der Waals surface area (Å²) >= 11 is 2.29. The molecule has 0 spiro atoms. The maximum Gasteiger partial charge on any atom is 0.331 e. The maximum atomic E-state index is 12.9. The number of hydrogen-bond acceptors (Lipinski definition) is 3. The number of halogens is 2. The van der Waals surface area contributed by atoms with Crippen LogP contribution in [0.3, 0.4) is 0 Å². The number of aromatic amines is 1. The molecule has 26 heavy (non-hydrogen) atoms. The number of benzene rings is 1. The summed E-state index contributed by atoms with van der Waals surface area (Å²) < 4.78 is 1.15. The number of carbonyl (C=O) groups excluding carboxylic acids is 1. The van der Waals surface area contributed by atoms with E-state index in [0.717, 1.165) is 39.3 Å². The number of rotatable bonds is 4. The highest BCUT2D eigenvalue weighted by Crippen LogP contribution is 2.33. The van der Waals surface area contributed by atoms with E-state index in [4.69, 9.17) is 9.98 Å². The molecule has 2 amide bonds. The number of H-pyrrole nitrogens is 1. The molecule has 0 fully saturated rings. The van der Waals surface area contributed by atoms with E-state index in [0.29, 0.717) is 18.9 Å². The number of nitrogens with zero attached hydrogens (tertiary/aromatic N) is 4. The van der Waals surface area contributed by atoms with E-state index in [-0.39, 0.29) is 24.5 Å². The Hall–Kier alpha value is -1.61. The Kier molecular flexibility index (Phi) is 5.57. The standard InChI is InChI=1S/C18H20IN5O.ClH/c1-3-8-23-17-14(16-20-13(4-2)10-24(16)18(23)25)21-15(22-17)11-6-5-7-12(19)9-11;/h5-7,9,13H,3-4,8,10H2,1-2H3,(H,21,22);1H. The average molecular weight is 486 g/mol. The highest BCUT2D eigenvalue weighted by Gasteiger charge is 2.41. The van der Waals surface area contributed by atoms with Crippen molar-refractivity contribution in [2.75, 3.05) is 18.0 Å². The SMILES string of the molecule is CCCN1C(=O)N2CC(CC)N=C2c2[nH]c(-c3cccc(I)c3)nc21.Cl. The van der Waals surface area contributed by atoms with Crippen molar-refractivity contribution in [1.29, 1.82) is 0 Å². The van der Waals surface area contributed by atoms with Gasteiger partial charge >= 0.3 is 6.03 Å². The van der Waals surface area contributed by atoms with Gasteiger partial charge in [0.15, 0.2) is 11.7 Å². The number of amides is 2. The monoisotopic (exact) mass is 485 g/mol. The summed E-state index contributed by atoms with van der Waals surface area (Å²) in [4.78, 5) is 29.5. The summed E-state index contributed by atoms with van der Waals surface area (Å²) in [5.41, 5.74) is 1.88. The Labute approximate surface area is 172 Å². The molecular formula is C18H21ClIN5O. The van der Waals surface area contributed by atoms with Crippen molar-refractivity contribution < 1.29 is 4.79 Å². The van der Waals surface area contributed by atoms with E-state index in [2.05, 4.69) is 53.6 Å². The molecule has 1 N–H and O–H groups in total. The van der Waals surface area contributed by atoms with Gasteiger partial charge in [0, 0.05) is 15.7 Å². The number of carbonyl (C=O) groups is 1. The van der Waals surface area contributed by atoms with Gasteiger partial charge in [0.05, 0.1) is 12.6 Å². The van der Waals surface area contributed by atoms with Gasteiger partial charge in [0.2, 0.25) is 0 Å². The van der Waals surface area contributed by atoms with Crippen molar-refractivity contribution in [3.8, 4) is 11.4 Å². The van der Waals surface area contributed by atoms with Gasteiger partial charge in [-0.3, -0.25) is 14.8 Å². The van der Waals surface area contributed by atoms with E-state index in [1.165, 1.54) is 0 Å². The van der Waals surface area contributed by atoms with Crippen LogP contribution in [-0.2, 0) is 0 Å². The van der Waals surface area contributed by atoms with Crippen molar-refractivity contribution in [3.05, 3.63) is 33.5 Å². The Balaban J connectivity index is 0.00000196. The second-order valence-electron chi connectivity index (χ2n) is 6.35. The smallest absolute Gasteiger partial charge is 0.331 e. The topological polar surface area (TPSA) is 64.6 Å². The van der Waals surface area contributed by atoms with Gasteiger partial charge in [-0.25, -0.2) is 9.78 Å². The van der Waals surface area contributed by atoms with Crippen LogP contribution in [0.5, 0.6) is 0 Å². The van der Waals surface area contributed by atoms with Crippen LogP contribution in [0.1, 0.15) is 32.4 Å². The van der Waals surface area contributed by atoms with Gasteiger partial charge in [-0.05, 0) is 47.6 Å². The Morgan fingerprint density at radius 1 is 1.35 bits per heavy atom. The van der Waals surface area contributed by atoms with Crippen LogP contribution in [0.2, 0.25) is 0 Å². The van der Waals surface area contributed by atoms with Crippen molar-refractivity contribution in [2.45, 2.75) is 32.7 Å². The molecule has 0 radical (unpaired) electrons. The summed E-state index contributed by atoms with van der Waals surface area (Å²) in [6.45, 7) is 5.49. The molecule has 1 unspecified atom stereocenters. The van der Waals surface area contributed by atoms with Crippen molar-refractivity contribution in [1.82, 2.24) is 14.9 Å². The third-order valence-electron chi connectivity index (χ3n) is 4.60. The van der Waals surface area contributed by atoms with Crippen LogP contribution in [0.25, 0.3) is 11.4 Å². The lowest BCUT2D eigenvalue weighted by Crippen LogP contribution is -2.50. The van der Waals surface area contributed by atoms with Crippen molar-refractivity contribution in [3.63, 3.8) is 0 Å². The third kappa shape index (κ3) is 3.11. The van der Waals surface area contributed by atoms with Gasteiger partial charge in [-0.15, -0.1) is 12.4 Å². The minimum Gasteiger partial charge on any atom is -0.334 e. The molecule has 1 aromatic heterocycles. The van der Waals surface area contributed by atoms with Crippen LogP contribution in [-0.4, -0.2) is 45.9 Å². The fourth-order valence-corrected chi connectivity index (χ4v) is 3.86. The van der Waals surface area contributed by atoms with E-state index < -0.39 is 0 Å². The highest BCUT2D eigenvalue weighted by atomic mass is 127. The van der Waals surface area contributed by atoms with E-state index in [1.807, 2.05) is 12.1 Å².